The highest BCUT2D eigenvalue weighted by molar-refractivity contribution is 9.10. The van der Waals surface area contributed by atoms with Crippen LogP contribution in [0.15, 0.2) is 51.8 Å². The van der Waals surface area contributed by atoms with Crippen molar-refractivity contribution >= 4 is 49.1 Å². The molecule has 0 aromatic heterocycles. The lowest BCUT2D eigenvalue weighted by atomic mass is 10.1. The Hall–Kier alpha value is -1.45. The van der Waals surface area contributed by atoms with Crippen LogP contribution in [-0.2, 0) is 21.2 Å². The second-order valence-corrected chi connectivity index (χ2v) is 9.13. The molecule has 6 nitrogen and oxygen atoms in total. The van der Waals surface area contributed by atoms with Gasteiger partial charge >= 0.3 is 0 Å². The van der Waals surface area contributed by atoms with Crippen LogP contribution in [0.5, 0.6) is 0 Å². The molecule has 148 valence electrons. The molecule has 27 heavy (non-hydrogen) atoms. The van der Waals surface area contributed by atoms with Crippen molar-refractivity contribution in [1.82, 2.24) is 9.62 Å². The number of hydrogen-bond acceptors (Lipinski definition) is 4. The number of anilines is 1. The zero-order chi connectivity index (χ0) is 20.6. The Kier molecular flexibility index (Phi) is 9.41. The van der Waals surface area contributed by atoms with Gasteiger partial charge in [0.05, 0.1) is 11.3 Å². The monoisotopic (exact) mass is 475 g/mol. The highest BCUT2D eigenvalue weighted by Gasteiger charge is 2.17. The van der Waals surface area contributed by atoms with Gasteiger partial charge in [-0.25, -0.2) is 13.1 Å². The SMILES string of the molecule is CN(C)C.CNS(=O)(=O)c1cc(NC(=O)Cc2ccccc2Cl)ccc1Br. The lowest BCUT2D eigenvalue weighted by molar-refractivity contribution is -0.115. The minimum absolute atomic E-state index is 0.0514. The van der Waals surface area contributed by atoms with Crippen molar-refractivity contribution in [1.29, 1.82) is 0 Å². The maximum Gasteiger partial charge on any atom is 0.241 e. The molecule has 1 amide bonds. The largest absolute Gasteiger partial charge is 0.326 e. The lowest BCUT2D eigenvalue weighted by Crippen LogP contribution is -2.20. The van der Waals surface area contributed by atoms with E-state index in [0.717, 1.165) is 0 Å². The summed E-state index contributed by atoms with van der Waals surface area (Å²) in [7, 11) is 3.70. The zero-order valence-corrected chi connectivity index (χ0v) is 18.7. The molecule has 0 saturated heterocycles. The highest BCUT2D eigenvalue weighted by Crippen LogP contribution is 2.25. The lowest BCUT2D eigenvalue weighted by Gasteiger charge is -2.10. The molecule has 0 unspecified atom stereocenters. The molecule has 2 N–H and O–H groups in total. The van der Waals surface area contributed by atoms with Crippen molar-refractivity contribution in [2.45, 2.75) is 11.3 Å². The van der Waals surface area contributed by atoms with Gasteiger partial charge in [-0.05, 0) is 73.9 Å². The van der Waals surface area contributed by atoms with Gasteiger partial charge in [-0.3, -0.25) is 4.79 Å². The minimum Gasteiger partial charge on any atom is -0.326 e. The molecular formula is C18H23BrClN3O3S. The Balaban J connectivity index is 0.000000828. The van der Waals surface area contributed by atoms with Gasteiger partial charge in [-0.2, -0.15) is 0 Å². The number of rotatable bonds is 5. The molecular weight excluding hydrogens is 454 g/mol. The maximum absolute atomic E-state index is 12.1. The standard InChI is InChI=1S/C15H14BrClN2O3S.C3H9N/c1-18-23(21,22)14-9-11(6-7-12(14)16)19-15(20)8-10-4-2-3-5-13(10)17;1-4(2)3/h2-7,9,18H,8H2,1H3,(H,19,20);1-3H3. The van der Waals surface area contributed by atoms with Crippen molar-refractivity contribution in [2.75, 3.05) is 33.5 Å². The second kappa shape index (κ2) is 10.8. The summed E-state index contributed by atoms with van der Waals surface area (Å²) in [4.78, 5) is 14.2. The Morgan fingerprint density at radius 1 is 1.15 bits per heavy atom. The van der Waals surface area contributed by atoms with E-state index in [1.165, 1.54) is 13.1 Å². The van der Waals surface area contributed by atoms with Crippen LogP contribution in [0.4, 0.5) is 5.69 Å². The van der Waals surface area contributed by atoms with Crippen LogP contribution < -0.4 is 10.0 Å². The zero-order valence-electron chi connectivity index (χ0n) is 15.6. The van der Waals surface area contributed by atoms with Gasteiger partial charge in [0.15, 0.2) is 0 Å². The third-order valence-corrected chi connectivity index (χ3v) is 5.86. The van der Waals surface area contributed by atoms with Crippen LogP contribution in [0.1, 0.15) is 5.56 Å². The third-order valence-electron chi connectivity index (χ3n) is 3.08. The summed E-state index contributed by atoms with van der Waals surface area (Å²) in [5.41, 5.74) is 1.09. The summed E-state index contributed by atoms with van der Waals surface area (Å²) in [6, 6.07) is 11.6. The topological polar surface area (TPSA) is 78.5 Å². The maximum atomic E-state index is 12.1. The minimum atomic E-state index is -3.62. The molecule has 0 radical (unpaired) electrons. The predicted molar refractivity (Wildman–Crippen MR) is 114 cm³/mol. The Bertz CT molecular complexity index is 886. The average Bonchev–Trinajstić information content (AvgIpc) is 2.58. The van der Waals surface area contributed by atoms with Crippen LogP contribution in [0.2, 0.25) is 5.02 Å². The van der Waals surface area contributed by atoms with Crippen molar-refractivity contribution in [3.63, 3.8) is 0 Å². The van der Waals surface area contributed by atoms with Crippen LogP contribution in [0.25, 0.3) is 0 Å². The van der Waals surface area contributed by atoms with E-state index in [-0.39, 0.29) is 17.2 Å². The van der Waals surface area contributed by atoms with E-state index in [9.17, 15) is 13.2 Å². The number of carbonyl (C=O) groups excluding carboxylic acids is 1. The first-order valence-corrected chi connectivity index (χ1v) is 10.6. The summed E-state index contributed by atoms with van der Waals surface area (Å²) < 4.78 is 26.5. The molecule has 0 heterocycles. The Labute approximate surface area is 174 Å². The van der Waals surface area contributed by atoms with E-state index >= 15 is 0 Å². The summed E-state index contributed by atoms with van der Waals surface area (Å²) in [6.45, 7) is 0. The quantitative estimate of drug-likeness (QED) is 0.693. The Morgan fingerprint density at radius 2 is 1.74 bits per heavy atom. The normalized spacial score (nSPS) is 10.9. The third kappa shape index (κ3) is 7.98. The van der Waals surface area contributed by atoms with Crippen molar-refractivity contribution in [3.05, 3.63) is 57.5 Å². The van der Waals surface area contributed by atoms with E-state index in [0.29, 0.717) is 20.7 Å². The van der Waals surface area contributed by atoms with Gasteiger partial charge in [0.2, 0.25) is 15.9 Å². The average molecular weight is 477 g/mol. The highest BCUT2D eigenvalue weighted by atomic mass is 79.9. The molecule has 0 spiro atoms. The van der Waals surface area contributed by atoms with Gasteiger partial charge in [-0.1, -0.05) is 29.8 Å². The van der Waals surface area contributed by atoms with E-state index in [1.54, 1.807) is 36.4 Å². The van der Waals surface area contributed by atoms with Gasteiger partial charge in [-0.15, -0.1) is 0 Å². The molecule has 2 aromatic rings. The van der Waals surface area contributed by atoms with Gasteiger partial charge in [0.1, 0.15) is 0 Å². The van der Waals surface area contributed by atoms with Gasteiger partial charge < -0.3 is 10.2 Å². The van der Waals surface area contributed by atoms with Crippen LogP contribution in [0, 0.1) is 0 Å². The van der Waals surface area contributed by atoms with Crippen molar-refractivity contribution in [2.24, 2.45) is 0 Å². The number of amides is 1. The predicted octanol–water partition coefficient (Wildman–Crippen LogP) is 3.37. The van der Waals surface area contributed by atoms with Crippen LogP contribution in [0.3, 0.4) is 0 Å². The molecule has 0 fully saturated rings. The van der Waals surface area contributed by atoms with Crippen LogP contribution in [-0.4, -0.2) is 47.4 Å². The summed E-state index contributed by atoms with van der Waals surface area (Å²) in [5, 5.41) is 3.18. The second-order valence-electron chi connectivity index (χ2n) is 6.01. The molecule has 2 rings (SSSR count). The first kappa shape index (κ1) is 23.6. The van der Waals surface area contributed by atoms with Crippen molar-refractivity contribution in [3.8, 4) is 0 Å². The molecule has 0 bridgehead atoms. The van der Waals surface area contributed by atoms with E-state index in [4.69, 9.17) is 11.6 Å². The van der Waals surface area contributed by atoms with E-state index in [2.05, 4.69) is 26.0 Å². The molecule has 0 aliphatic heterocycles. The number of hydrogen-bond donors (Lipinski definition) is 2. The smallest absolute Gasteiger partial charge is 0.241 e. The molecule has 0 atom stereocenters. The number of sulfonamides is 1. The van der Waals surface area contributed by atoms with Gasteiger partial charge in [0.25, 0.3) is 0 Å². The molecule has 0 saturated carbocycles. The number of halogens is 2. The summed E-state index contributed by atoms with van der Waals surface area (Å²) >= 11 is 9.21. The molecule has 2 aromatic carbocycles. The van der Waals surface area contributed by atoms with E-state index < -0.39 is 10.0 Å². The fraction of sp³-hybridized carbons (Fsp3) is 0.278. The fourth-order valence-corrected chi connectivity index (χ4v) is 3.83. The number of nitrogens with one attached hydrogen (secondary N) is 2. The molecule has 9 heteroatoms. The number of benzene rings is 2. The van der Waals surface area contributed by atoms with Crippen LogP contribution >= 0.6 is 27.5 Å². The number of carbonyl (C=O) groups is 1. The van der Waals surface area contributed by atoms with Crippen molar-refractivity contribution < 1.29 is 13.2 Å². The summed E-state index contributed by atoms with van der Waals surface area (Å²) in [6.07, 6.45) is 0.101. The molecule has 0 aliphatic rings. The summed E-state index contributed by atoms with van der Waals surface area (Å²) in [5.74, 6) is -0.284. The molecule has 0 aliphatic carbocycles. The fourth-order valence-electron chi connectivity index (χ4n) is 1.92. The first-order chi connectivity index (χ1) is 12.6. The van der Waals surface area contributed by atoms with Gasteiger partial charge in [0, 0.05) is 15.2 Å². The first-order valence-electron chi connectivity index (χ1n) is 7.94. The van der Waals surface area contributed by atoms with E-state index in [1.807, 2.05) is 26.0 Å². The Morgan fingerprint density at radius 3 is 2.30 bits per heavy atom. The number of nitrogens with zero attached hydrogens (tertiary/aromatic N) is 1.